The second kappa shape index (κ2) is 22.1. The van der Waals surface area contributed by atoms with Crippen molar-refractivity contribution in [1.29, 1.82) is 0 Å². The van der Waals surface area contributed by atoms with E-state index in [1.165, 1.54) is 77.0 Å². The fraction of sp³-hybridized carbons (Fsp3) is 0.719. The topological polar surface area (TPSA) is 151 Å². The molecule has 0 aliphatic heterocycles. The van der Waals surface area contributed by atoms with Crippen molar-refractivity contribution in [2.75, 3.05) is 13.1 Å². The minimum Gasteiger partial charge on any atom is -0.506 e. The number of aromatic hydroxyl groups is 2. The number of fused-ring (bicyclic) bond motifs is 5. The monoisotopic (exact) mass is 995 g/mol. The average Bonchev–Trinajstić information content (AvgIpc) is 3.61. The lowest BCUT2D eigenvalue weighted by molar-refractivity contribution is -0.154. The van der Waals surface area contributed by atoms with Crippen molar-refractivity contribution in [3.05, 3.63) is 56.6 Å². The van der Waals surface area contributed by atoms with Gasteiger partial charge in [0.15, 0.2) is 0 Å². The van der Waals surface area contributed by atoms with Crippen LogP contribution in [-0.4, -0.2) is 58.3 Å². The molecule has 0 spiro atoms. The number of phenols is 2. The van der Waals surface area contributed by atoms with E-state index < -0.39 is 65.5 Å². The molecule has 0 radical (unpaired) electrons. The molecule has 4 N–H and O–H groups in total. The molecule has 4 fully saturated rings. The van der Waals surface area contributed by atoms with Crippen molar-refractivity contribution in [3.63, 3.8) is 0 Å². The number of hydrogen-bond acceptors (Lipinski definition) is 8. The fourth-order valence-electron chi connectivity index (χ4n) is 14.0. The highest BCUT2D eigenvalue weighted by atomic mass is 35.5. The van der Waals surface area contributed by atoms with Crippen LogP contribution in [0.25, 0.3) is 0 Å². The largest absolute Gasteiger partial charge is 0.506 e. The number of carbonyl (C=O) groups excluding carboxylic acids is 4. The molecule has 4 aliphatic rings. The summed E-state index contributed by atoms with van der Waals surface area (Å²) >= 11 is 13.3. The third kappa shape index (κ3) is 13.1. The standard InChI is InChI=1S/C57H84Cl2N2O8/c1-33(2)14-12-15-34(3)43-20-21-44-40-19-18-38-26-35(22-24-56(38,10)45(40)23-25-57(43,44)11)16-13-17-39(36-27-41(50(64)46(58)29-36)52(66)60-31-48(62)68-54(4,5)6)37-28-42(51(65)47(59)30-37)53(67)61-32-49(63)69-55(7,8)9/h27-30,33-35,38-40,43-45,64-65H,12-26,31-32H2,1-11H3,(H,60,66)(H,61,67)/t34-,35+,38?,40+,43-,44+,45+,56+,57-/m1/s1. The van der Waals surface area contributed by atoms with E-state index in [0.29, 0.717) is 40.2 Å². The zero-order valence-corrected chi connectivity index (χ0v) is 45.1. The van der Waals surface area contributed by atoms with Gasteiger partial charge in [-0.15, -0.1) is 0 Å². The quantitative estimate of drug-likeness (QED) is 0.114. The van der Waals surface area contributed by atoms with Gasteiger partial charge in [-0.25, -0.2) is 0 Å². The van der Waals surface area contributed by atoms with Crippen LogP contribution in [0.4, 0.5) is 0 Å². The molecule has 9 atom stereocenters. The van der Waals surface area contributed by atoms with Gasteiger partial charge in [-0.3, -0.25) is 19.2 Å². The molecule has 0 aromatic heterocycles. The molecule has 6 rings (SSSR count). The predicted octanol–water partition coefficient (Wildman–Crippen LogP) is 13.6. The molecule has 384 valence electrons. The molecule has 2 aromatic rings. The number of halogens is 2. The van der Waals surface area contributed by atoms with Gasteiger partial charge in [0.1, 0.15) is 35.8 Å². The Balaban J connectivity index is 1.19. The van der Waals surface area contributed by atoms with Crippen LogP contribution in [0.5, 0.6) is 11.5 Å². The van der Waals surface area contributed by atoms with E-state index in [9.17, 15) is 29.4 Å². The summed E-state index contributed by atoms with van der Waals surface area (Å²) in [5, 5.41) is 27.2. The van der Waals surface area contributed by atoms with Gasteiger partial charge in [-0.2, -0.15) is 0 Å². The molecule has 12 heteroatoms. The lowest BCUT2D eigenvalue weighted by atomic mass is 9.44. The first kappa shape index (κ1) is 54.8. The Bertz CT molecular complexity index is 2080. The van der Waals surface area contributed by atoms with E-state index in [4.69, 9.17) is 32.7 Å². The Labute approximate surface area is 423 Å². The van der Waals surface area contributed by atoms with E-state index in [1.807, 2.05) is 0 Å². The number of amides is 2. The summed E-state index contributed by atoms with van der Waals surface area (Å²) in [6, 6.07) is 6.32. The van der Waals surface area contributed by atoms with Crippen LogP contribution in [0.2, 0.25) is 10.0 Å². The normalized spacial score (nSPS) is 27.2. The van der Waals surface area contributed by atoms with Crippen molar-refractivity contribution in [3.8, 4) is 11.5 Å². The first-order chi connectivity index (χ1) is 32.2. The summed E-state index contributed by atoms with van der Waals surface area (Å²) < 4.78 is 10.7. The highest BCUT2D eigenvalue weighted by Gasteiger charge is 2.60. The summed E-state index contributed by atoms with van der Waals surface area (Å²) in [5.74, 6) is 2.17. The van der Waals surface area contributed by atoms with Gasteiger partial charge >= 0.3 is 11.9 Å². The molecular weight excluding hydrogens is 912 g/mol. The van der Waals surface area contributed by atoms with Crippen LogP contribution in [0.15, 0.2) is 24.3 Å². The summed E-state index contributed by atoms with van der Waals surface area (Å²) in [5.41, 5.74) is 0.264. The lowest BCUT2D eigenvalue weighted by Gasteiger charge is -2.61. The fourth-order valence-corrected chi connectivity index (χ4v) is 14.5. The van der Waals surface area contributed by atoms with Crippen molar-refractivity contribution in [2.24, 2.45) is 58.2 Å². The van der Waals surface area contributed by atoms with E-state index in [-0.39, 0.29) is 21.2 Å². The Hall–Kier alpha value is -3.50. The van der Waals surface area contributed by atoms with Gasteiger partial charge in [-0.05, 0) is 199 Å². The number of ether oxygens (including phenoxy) is 2. The lowest BCUT2D eigenvalue weighted by Crippen LogP contribution is -2.53. The van der Waals surface area contributed by atoms with Gasteiger partial charge < -0.3 is 30.3 Å². The highest BCUT2D eigenvalue weighted by molar-refractivity contribution is 6.33. The van der Waals surface area contributed by atoms with E-state index in [1.54, 1.807) is 65.8 Å². The van der Waals surface area contributed by atoms with Crippen molar-refractivity contribution < 1.29 is 38.9 Å². The summed E-state index contributed by atoms with van der Waals surface area (Å²) in [7, 11) is 0. The van der Waals surface area contributed by atoms with Crippen LogP contribution < -0.4 is 10.6 Å². The van der Waals surface area contributed by atoms with E-state index >= 15 is 0 Å². The average molecular weight is 996 g/mol. The SMILES string of the molecule is CC(C)CCC[C@@H](C)[C@H]1CC[C@H]2[C@@H]3CCC4C[C@@H](CCCC(c5cc(Cl)c(O)c(C(=O)NCC(=O)OC(C)(C)C)c5)c5cc(Cl)c(O)c(C(=O)NCC(=O)OC(C)(C)C)c5)CC[C@]4(C)[C@H]3CC[C@]12C. The Morgan fingerprint density at radius 3 is 1.72 bits per heavy atom. The van der Waals surface area contributed by atoms with Crippen molar-refractivity contribution >= 4 is 47.0 Å². The number of rotatable bonds is 17. The molecule has 2 amide bonds. The number of hydrogen-bond donors (Lipinski definition) is 4. The van der Waals surface area contributed by atoms with Crippen LogP contribution in [0.3, 0.4) is 0 Å². The molecule has 4 aliphatic carbocycles. The third-order valence-corrected chi connectivity index (χ3v) is 17.7. The summed E-state index contributed by atoms with van der Waals surface area (Å²) in [6.07, 6.45) is 18.4. The van der Waals surface area contributed by atoms with Gasteiger partial charge in [0.2, 0.25) is 0 Å². The van der Waals surface area contributed by atoms with Crippen molar-refractivity contribution in [2.45, 2.75) is 190 Å². The number of nitrogens with one attached hydrogen (secondary N) is 2. The van der Waals surface area contributed by atoms with E-state index in [0.717, 1.165) is 48.3 Å². The van der Waals surface area contributed by atoms with Gasteiger partial charge in [0, 0.05) is 5.92 Å². The van der Waals surface area contributed by atoms with Crippen LogP contribution in [-0.2, 0) is 19.1 Å². The Morgan fingerprint density at radius 1 is 0.681 bits per heavy atom. The molecule has 4 saturated carbocycles. The second-order valence-corrected chi connectivity index (χ2v) is 25.5. The molecule has 69 heavy (non-hydrogen) atoms. The van der Waals surface area contributed by atoms with Crippen molar-refractivity contribution in [1.82, 2.24) is 10.6 Å². The molecular formula is C57H84Cl2N2O8. The van der Waals surface area contributed by atoms with Crippen LogP contribution in [0.1, 0.15) is 210 Å². The summed E-state index contributed by atoms with van der Waals surface area (Å²) in [4.78, 5) is 52.2. The second-order valence-electron chi connectivity index (χ2n) is 24.6. The molecule has 0 saturated heterocycles. The highest BCUT2D eigenvalue weighted by Crippen LogP contribution is 2.69. The number of benzene rings is 2. The maximum absolute atomic E-state index is 13.6. The van der Waals surface area contributed by atoms with Gasteiger partial charge in [0.25, 0.3) is 11.8 Å². The zero-order valence-electron chi connectivity index (χ0n) is 43.6. The van der Waals surface area contributed by atoms with Crippen LogP contribution >= 0.6 is 23.2 Å². The number of carbonyl (C=O) groups is 4. The molecule has 1 unspecified atom stereocenters. The van der Waals surface area contributed by atoms with Gasteiger partial charge in [0.05, 0.1) is 21.2 Å². The van der Waals surface area contributed by atoms with Crippen LogP contribution in [0, 0.1) is 58.2 Å². The molecule has 0 bridgehead atoms. The first-order valence-electron chi connectivity index (χ1n) is 26.3. The Kier molecular flexibility index (Phi) is 17.6. The zero-order chi connectivity index (χ0) is 50.8. The van der Waals surface area contributed by atoms with E-state index in [2.05, 4.69) is 45.3 Å². The smallest absolute Gasteiger partial charge is 0.325 e. The number of phenolic OH excluding ortho intramolecular Hbond substituents is 2. The maximum Gasteiger partial charge on any atom is 0.325 e. The third-order valence-electron chi connectivity index (χ3n) is 17.2. The minimum atomic E-state index is -0.753. The summed E-state index contributed by atoms with van der Waals surface area (Å²) in [6.45, 7) is 22.1. The van der Waals surface area contributed by atoms with Gasteiger partial charge in [-0.1, -0.05) is 89.9 Å². The first-order valence-corrected chi connectivity index (χ1v) is 27.0. The molecule has 10 nitrogen and oxygen atoms in total. The Morgan fingerprint density at radius 2 is 1.20 bits per heavy atom. The molecule has 0 heterocycles. The predicted molar refractivity (Wildman–Crippen MR) is 275 cm³/mol. The number of esters is 2. The molecule has 2 aromatic carbocycles. The maximum atomic E-state index is 13.6. The minimum absolute atomic E-state index is 0.0606.